The molecule has 0 aliphatic carbocycles. The fourth-order valence-corrected chi connectivity index (χ4v) is 2.71. The van der Waals surface area contributed by atoms with Crippen LogP contribution in [0.1, 0.15) is 20.3 Å². The predicted molar refractivity (Wildman–Crippen MR) is 64.3 cm³/mol. The van der Waals surface area contributed by atoms with Crippen molar-refractivity contribution in [3.05, 3.63) is 0 Å². The second-order valence-electron chi connectivity index (χ2n) is 5.14. The van der Waals surface area contributed by atoms with Crippen molar-refractivity contribution in [3.8, 4) is 0 Å². The van der Waals surface area contributed by atoms with Gasteiger partial charge in [-0.3, -0.25) is 0 Å². The van der Waals surface area contributed by atoms with Crippen molar-refractivity contribution < 1.29 is 19.4 Å². The fourth-order valence-electron chi connectivity index (χ4n) is 2.71. The van der Waals surface area contributed by atoms with E-state index in [4.69, 9.17) is 4.74 Å². The molecule has 3 unspecified atom stereocenters. The van der Waals surface area contributed by atoms with Crippen LogP contribution in [-0.4, -0.2) is 65.3 Å². The maximum atomic E-state index is 12.4. The van der Waals surface area contributed by atoms with Crippen LogP contribution in [0.4, 0.5) is 4.79 Å². The first-order valence-corrected chi connectivity index (χ1v) is 6.40. The molecule has 0 aromatic carbocycles. The Kier molecular flexibility index (Phi) is 3.75. The number of aliphatic carboxylic acids is 1. The van der Waals surface area contributed by atoms with Gasteiger partial charge in [-0.2, -0.15) is 0 Å². The molecule has 6 nitrogen and oxygen atoms in total. The third-order valence-electron chi connectivity index (χ3n) is 3.81. The van der Waals surface area contributed by atoms with E-state index in [9.17, 15) is 14.7 Å². The van der Waals surface area contributed by atoms with Gasteiger partial charge >= 0.3 is 12.0 Å². The van der Waals surface area contributed by atoms with Gasteiger partial charge in [0.15, 0.2) is 0 Å². The molecule has 2 aliphatic heterocycles. The quantitative estimate of drug-likeness (QED) is 0.746. The predicted octanol–water partition coefficient (Wildman–Crippen LogP) is 0.622. The van der Waals surface area contributed by atoms with Crippen molar-refractivity contribution >= 4 is 12.0 Å². The van der Waals surface area contributed by atoms with Crippen LogP contribution >= 0.6 is 0 Å². The Morgan fingerprint density at radius 3 is 2.56 bits per heavy atom. The Morgan fingerprint density at radius 2 is 1.94 bits per heavy atom. The molecular weight excluding hydrogens is 236 g/mol. The van der Waals surface area contributed by atoms with Crippen LogP contribution in [0.2, 0.25) is 0 Å². The molecule has 2 saturated heterocycles. The first-order chi connectivity index (χ1) is 8.52. The second-order valence-corrected chi connectivity index (χ2v) is 5.14. The Morgan fingerprint density at radius 1 is 1.22 bits per heavy atom. The smallest absolute Gasteiger partial charge is 0.326 e. The molecule has 0 aromatic heterocycles. The van der Waals surface area contributed by atoms with Gasteiger partial charge in [0.25, 0.3) is 0 Å². The number of likely N-dealkylation sites (tertiary alicyclic amines) is 1. The van der Waals surface area contributed by atoms with Crippen LogP contribution in [0.3, 0.4) is 0 Å². The van der Waals surface area contributed by atoms with Crippen LogP contribution < -0.4 is 0 Å². The van der Waals surface area contributed by atoms with E-state index in [-0.39, 0.29) is 18.0 Å². The van der Waals surface area contributed by atoms with Crippen molar-refractivity contribution in [2.75, 3.05) is 26.3 Å². The average Bonchev–Trinajstić information content (AvgIpc) is 2.71. The summed E-state index contributed by atoms with van der Waals surface area (Å²) in [5, 5.41) is 9.23. The number of urea groups is 1. The Labute approximate surface area is 106 Å². The van der Waals surface area contributed by atoms with Crippen molar-refractivity contribution in [1.82, 2.24) is 9.80 Å². The summed E-state index contributed by atoms with van der Waals surface area (Å²) in [6, 6.07) is -0.841. The first-order valence-electron chi connectivity index (χ1n) is 6.40. The highest BCUT2D eigenvalue weighted by molar-refractivity contribution is 5.83. The van der Waals surface area contributed by atoms with E-state index in [1.165, 1.54) is 4.90 Å². The van der Waals surface area contributed by atoms with E-state index in [0.29, 0.717) is 26.3 Å². The van der Waals surface area contributed by atoms with E-state index in [1.807, 2.05) is 13.8 Å². The molecule has 0 bridgehead atoms. The lowest BCUT2D eigenvalue weighted by molar-refractivity contribution is -0.142. The third-order valence-corrected chi connectivity index (χ3v) is 3.81. The molecule has 0 aromatic rings. The standard InChI is InChI=1S/C12H20N2O4/c1-8-3-4-14(10(8)11(15)16)12(17)13-5-6-18-7-9(13)2/h8-10H,3-7H2,1-2H3,(H,15,16). The molecule has 6 heteroatoms. The SMILES string of the molecule is CC1CCN(C(=O)N2CCOCC2C)C1C(=O)O. The minimum Gasteiger partial charge on any atom is -0.480 e. The Balaban J connectivity index is 2.10. The van der Waals surface area contributed by atoms with Crippen LogP contribution in [-0.2, 0) is 9.53 Å². The van der Waals surface area contributed by atoms with E-state index >= 15 is 0 Å². The number of amides is 2. The number of hydrogen-bond donors (Lipinski definition) is 1. The summed E-state index contributed by atoms with van der Waals surface area (Å²) in [6.45, 7) is 5.92. The van der Waals surface area contributed by atoms with Gasteiger partial charge in [0.1, 0.15) is 6.04 Å². The number of nitrogens with zero attached hydrogens (tertiary/aromatic N) is 2. The minimum absolute atomic E-state index is 0.0107. The van der Waals surface area contributed by atoms with Gasteiger partial charge in [-0.25, -0.2) is 9.59 Å². The first kappa shape index (κ1) is 13.1. The van der Waals surface area contributed by atoms with E-state index in [0.717, 1.165) is 6.42 Å². The fraction of sp³-hybridized carbons (Fsp3) is 0.833. The number of carbonyl (C=O) groups is 2. The summed E-state index contributed by atoms with van der Waals surface area (Å²) in [7, 11) is 0. The van der Waals surface area contributed by atoms with Gasteiger partial charge < -0.3 is 19.6 Å². The topological polar surface area (TPSA) is 70.1 Å². The minimum atomic E-state index is -0.908. The largest absolute Gasteiger partial charge is 0.480 e. The maximum Gasteiger partial charge on any atom is 0.326 e. The number of hydrogen-bond acceptors (Lipinski definition) is 3. The van der Waals surface area contributed by atoms with Crippen LogP contribution in [0.5, 0.6) is 0 Å². The lowest BCUT2D eigenvalue weighted by atomic mass is 10.0. The molecule has 0 spiro atoms. The highest BCUT2D eigenvalue weighted by atomic mass is 16.5. The summed E-state index contributed by atoms with van der Waals surface area (Å²) in [4.78, 5) is 26.9. The Hall–Kier alpha value is -1.30. The zero-order valence-corrected chi connectivity index (χ0v) is 10.8. The second kappa shape index (κ2) is 5.14. The zero-order chi connectivity index (χ0) is 13.3. The van der Waals surface area contributed by atoms with Crippen molar-refractivity contribution in [1.29, 1.82) is 0 Å². The van der Waals surface area contributed by atoms with Crippen LogP contribution in [0.15, 0.2) is 0 Å². The normalized spacial score (nSPS) is 32.7. The zero-order valence-electron chi connectivity index (χ0n) is 10.8. The number of carboxylic acids is 1. The molecule has 102 valence electrons. The van der Waals surface area contributed by atoms with Gasteiger partial charge in [-0.1, -0.05) is 6.92 Å². The highest BCUT2D eigenvalue weighted by Crippen LogP contribution is 2.26. The third kappa shape index (κ3) is 2.29. The van der Waals surface area contributed by atoms with E-state index < -0.39 is 12.0 Å². The maximum absolute atomic E-state index is 12.4. The summed E-state index contributed by atoms with van der Waals surface area (Å²) >= 11 is 0. The molecule has 2 fully saturated rings. The molecule has 0 radical (unpaired) electrons. The van der Waals surface area contributed by atoms with Crippen molar-refractivity contribution in [2.24, 2.45) is 5.92 Å². The Bertz CT molecular complexity index is 347. The van der Waals surface area contributed by atoms with Crippen molar-refractivity contribution in [3.63, 3.8) is 0 Å². The number of rotatable bonds is 1. The monoisotopic (exact) mass is 256 g/mol. The van der Waals surface area contributed by atoms with E-state index in [1.54, 1.807) is 4.90 Å². The molecule has 18 heavy (non-hydrogen) atoms. The van der Waals surface area contributed by atoms with Crippen LogP contribution in [0, 0.1) is 5.92 Å². The lowest BCUT2D eigenvalue weighted by Crippen LogP contribution is -2.55. The molecular formula is C12H20N2O4. The molecule has 3 atom stereocenters. The molecule has 2 amide bonds. The summed E-state index contributed by atoms with van der Waals surface area (Å²) in [6.07, 6.45) is 0.751. The number of carbonyl (C=O) groups excluding carboxylic acids is 1. The lowest BCUT2D eigenvalue weighted by Gasteiger charge is -2.37. The number of ether oxygens (including phenoxy) is 1. The highest BCUT2D eigenvalue weighted by Gasteiger charge is 2.42. The van der Waals surface area contributed by atoms with Gasteiger partial charge in [-0.05, 0) is 19.3 Å². The number of carboxylic acid groups (broad SMARTS) is 1. The van der Waals surface area contributed by atoms with Gasteiger partial charge in [0.05, 0.1) is 19.3 Å². The summed E-state index contributed by atoms with van der Waals surface area (Å²) < 4.78 is 5.29. The van der Waals surface area contributed by atoms with Gasteiger partial charge in [0, 0.05) is 13.1 Å². The summed E-state index contributed by atoms with van der Waals surface area (Å²) in [5.41, 5.74) is 0. The number of morpholine rings is 1. The summed E-state index contributed by atoms with van der Waals surface area (Å²) in [5.74, 6) is -0.892. The molecule has 2 rings (SSSR count). The molecule has 2 aliphatic rings. The van der Waals surface area contributed by atoms with Gasteiger partial charge in [-0.15, -0.1) is 0 Å². The molecule has 2 heterocycles. The van der Waals surface area contributed by atoms with Crippen molar-refractivity contribution in [2.45, 2.75) is 32.4 Å². The average molecular weight is 256 g/mol. The molecule has 0 saturated carbocycles. The van der Waals surface area contributed by atoms with E-state index in [2.05, 4.69) is 0 Å². The van der Waals surface area contributed by atoms with Crippen LogP contribution in [0.25, 0.3) is 0 Å². The van der Waals surface area contributed by atoms with Gasteiger partial charge in [0.2, 0.25) is 0 Å². The molecule has 1 N–H and O–H groups in total.